The second kappa shape index (κ2) is 53.9. The van der Waals surface area contributed by atoms with Crippen LogP contribution in [0, 0.1) is 118 Å². The molecule has 0 bridgehead atoms. The molecule has 12 aromatic heterocycles. The van der Waals surface area contributed by atoms with Gasteiger partial charge in [-0.2, -0.15) is 0 Å². The van der Waals surface area contributed by atoms with Crippen LogP contribution in [0.5, 0.6) is 0 Å². The average molecular weight is 2240 g/mol. The first-order valence-corrected chi connectivity index (χ1v) is 68.0. The van der Waals surface area contributed by atoms with Gasteiger partial charge in [0.2, 0.25) is 0 Å². The molecule has 0 unspecified atom stereocenters. The Labute approximate surface area is 864 Å². The molecular formula is C108H115BBr4O2S12Si3. The summed E-state index contributed by atoms with van der Waals surface area (Å²) < 4.78 is 18.2. The zero-order valence-electron chi connectivity index (χ0n) is 78.1. The second-order valence-electron chi connectivity index (χ2n) is 34.9. The van der Waals surface area contributed by atoms with Crippen molar-refractivity contribution in [2.24, 2.45) is 0 Å². The van der Waals surface area contributed by atoms with E-state index in [1.165, 1.54) is 153 Å². The topological polar surface area (TPSA) is 18.5 Å². The number of terminal acetylenes is 2. The minimum absolute atomic E-state index is 0.335. The summed E-state index contributed by atoms with van der Waals surface area (Å²) >= 11 is 34.7. The molecule has 13 heterocycles. The van der Waals surface area contributed by atoms with Crippen LogP contribution in [0.25, 0.3) is 68.3 Å². The largest absolute Gasteiger partial charge is 0.505 e. The molecule has 0 N–H and O–H groups in total. The Morgan fingerprint density at radius 1 is 0.308 bits per heavy atom. The van der Waals surface area contributed by atoms with Crippen molar-refractivity contribution in [3.63, 3.8) is 0 Å². The fourth-order valence-electron chi connectivity index (χ4n) is 11.9. The van der Waals surface area contributed by atoms with Crippen LogP contribution >= 0.6 is 200 Å². The zero-order chi connectivity index (χ0) is 94.0. The van der Waals surface area contributed by atoms with Crippen molar-refractivity contribution in [1.29, 1.82) is 0 Å². The van der Waals surface area contributed by atoms with E-state index in [1.54, 1.807) is 113 Å². The van der Waals surface area contributed by atoms with E-state index in [1.807, 2.05) is 34.1 Å². The number of halogens is 4. The summed E-state index contributed by atoms with van der Waals surface area (Å²) in [5.41, 5.74) is 14.9. The first-order chi connectivity index (χ1) is 62.1. The highest BCUT2D eigenvalue weighted by Gasteiger charge is 2.52. The van der Waals surface area contributed by atoms with Gasteiger partial charge in [-0.15, -0.1) is 166 Å². The Kier molecular flexibility index (Phi) is 44.9. The molecule has 2 nitrogen and oxygen atoms in total. The molecule has 0 amide bonds. The Balaban J connectivity index is 0.000000203. The quantitative estimate of drug-likeness (QED) is 0.0361. The van der Waals surface area contributed by atoms with Crippen LogP contribution in [0.2, 0.25) is 58.9 Å². The molecular weight excluding hydrogens is 2130 g/mol. The third-order valence-corrected chi connectivity index (χ3v) is 39.6. The molecule has 130 heavy (non-hydrogen) atoms. The maximum absolute atomic E-state index is 6.22. The molecule has 0 spiro atoms. The third kappa shape index (κ3) is 35.3. The number of thiophene rings is 12. The molecule has 0 atom stereocenters. The van der Waals surface area contributed by atoms with Crippen molar-refractivity contribution >= 4 is 236 Å². The van der Waals surface area contributed by atoms with Gasteiger partial charge in [-0.25, -0.2) is 0 Å². The van der Waals surface area contributed by atoms with Gasteiger partial charge in [0.05, 0.1) is 74.8 Å². The second-order valence-corrected chi connectivity index (χ2v) is 66.8. The molecule has 12 aromatic rings. The fraction of sp³-hybridized carbons (Fsp3) is 0.370. The van der Waals surface area contributed by atoms with Gasteiger partial charge in [-0.05, 0) is 238 Å². The minimum atomic E-state index is -1.49. The summed E-state index contributed by atoms with van der Waals surface area (Å²) in [6.45, 7) is 40.0. The first kappa shape index (κ1) is 108. The molecule has 674 valence electrons. The lowest BCUT2D eigenvalue weighted by Gasteiger charge is -2.32. The van der Waals surface area contributed by atoms with Crippen LogP contribution in [-0.4, -0.2) is 42.5 Å². The third-order valence-electron chi connectivity index (χ3n) is 19.6. The summed E-state index contributed by atoms with van der Waals surface area (Å²) in [6, 6.07) is 39.2. The van der Waals surface area contributed by atoms with Crippen molar-refractivity contribution in [3.05, 3.63) is 183 Å². The predicted molar refractivity (Wildman–Crippen MR) is 613 cm³/mol. The maximum atomic E-state index is 6.22. The highest BCUT2D eigenvalue weighted by atomic mass is 79.9. The Morgan fingerprint density at radius 2 is 0.562 bits per heavy atom. The highest BCUT2D eigenvalue weighted by molar-refractivity contribution is 9.13. The molecule has 0 aliphatic carbocycles. The summed E-state index contributed by atoms with van der Waals surface area (Å²) in [7, 11) is -4.77. The number of hydrogen-bond acceptors (Lipinski definition) is 14. The van der Waals surface area contributed by atoms with E-state index >= 15 is 0 Å². The van der Waals surface area contributed by atoms with E-state index < -0.39 is 24.2 Å². The van der Waals surface area contributed by atoms with Crippen molar-refractivity contribution in [2.45, 2.75) is 261 Å². The molecule has 13 rings (SSSR count). The smallest absolute Gasteiger partial charge is 0.399 e. The summed E-state index contributed by atoms with van der Waals surface area (Å²) in [5, 5.41) is 2.02. The van der Waals surface area contributed by atoms with Gasteiger partial charge in [0.25, 0.3) is 0 Å². The van der Waals surface area contributed by atoms with Crippen LogP contribution in [0.15, 0.2) is 130 Å². The van der Waals surface area contributed by atoms with Crippen molar-refractivity contribution in [1.82, 2.24) is 0 Å². The zero-order valence-corrected chi connectivity index (χ0v) is 97.2. The van der Waals surface area contributed by atoms with Crippen molar-refractivity contribution < 1.29 is 9.31 Å². The Hall–Kier alpha value is -5.44. The lowest BCUT2D eigenvalue weighted by atomic mass is 9.87. The van der Waals surface area contributed by atoms with Gasteiger partial charge in [0, 0.05) is 110 Å². The summed E-state index contributed by atoms with van der Waals surface area (Å²) in [4.78, 5) is 22.9. The normalized spacial score (nSPS) is 12.1. The van der Waals surface area contributed by atoms with E-state index in [-0.39, 0.29) is 18.3 Å². The summed E-state index contributed by atoms with van der Waals surface area (Å²) in [5.74, 6) is 49.8. The van der Waals surface area contributed by atoms with E-state index in [2.05, 4.69) is 394 Å². The average Bonchev–Trinajstić information content (AvgIpc) is 1.60. The maximum Gasteiger partial charge on any atom is 0.505 e. The van der Waals surface area contributed by atoms with E-state index in [0.29, 0.717) is 0 Å². The van der Waals surface area contributed by atoms with E-state index in [4.69, 9.17) is 22.2 Å². The lowest BCUT2D eigenvalue weighted by Crippen LogP contribution is -2.41. The SMILES string of the molecule is Brc1ccc(-c2ccc(Br)s2)s1.Brc1ccsc1Br.C#Cc1cc(-c2ccc(-c3ccc(-c4cc(C#C)c(C#CCCCCC)s4)s3)s2)sc1C#CCCCCC.CCCCCC#Cc1sc(-c2ccc(-c3ccc(-c4cc(C#C[Si](C)(C)C)c(C#CCCCCC)s4)s3)s2)cc1C#C[Si](C)(C)C.CCCCCC#Cc1sc(B2OC(C)(C)C(C)(C)O2)cc1C#C[Si](C)(C)C. The van der Waals surface area contributed by atoms with Crippen LogP contribution in [0.1, 0.15) is 243 Å². The monoisotopic (exact) mass is 2240 g/mol. The van der Waals surface area contributed by atoms with Crippen LogP contribution in [0.4, 0.5) is 0 Å². The molecule has 1 aliphatic rings. The molecule has 1 saturated heterocycles. The fourth-order valence-corrected chi connectivity index (χ4v) is 27.3. The van der Waals surface area contributed by atoms with Gasteiger partial charge in [-0.1, -0.05) is 247 Å². The van der Waals surface area contributed by atoms with E-state index in [9.17, 15) is 0 Å². The van der Waals surface area contributed by atoms with Gasteiger partial charge in [-0.3, -0.25) is 0 Å². The van der Waals surface area contributed by atoms with Crippen molar-refractivity contribution in [3.8, 4) is 187 Å². The standard InChI is InChI=1S/C40H46S4Si2.C34H30S4.C22H33BO2SSi.C8H4Br2S2.C4H2Br2S/c1-9-11-13-15-17-19-33-31(25-27-45(3,4)5)29-39(41-33)37-23-21-35(43-37)36-22-24-38(44-36)40-30-32(26-28-46(6,7)8)34(42-40)20-18-16-14-12-10-2;1-5-9-11-13-15-17-27-25(7-3)23-33(35-27)31-21-19-29(37-31)30-20-22-32(38-30)34-24-26(8-4)28(36-34)18-16-14-12-10-6-2;1-9-10-11-12-13-14-19-18(15-16-27(6,7)8)17-20(26-19)23-24-21(2,3)22(4,5)25-23;9-7-3-1-5(11-7)6-2-4-8(10)12-6;5-3-1-2-7-4(3)6/h21-24,29-30H,9-16H2,1-8H3;3-4,19-24H,5-6,9-14H2,1-2H3;17H,9-12H2,1-8H3;1-4H;1-2H. The van der Waals surface area contributed by atoms with Crippen molar-refractivity contribution in [2.75, 3.05) is 0 Å². The van der Waals surface area contributed by atoms with Crippen LogP contribution < -0.4 is 4.78 Å². The number of unbranched alkanes of at least 4 members (excludes halogenated alkanes) is 15. The Morgan fingerprint density at radius 3 is 0.800 bits per heavy atom. The number of rotatable bonds is 23. The molecule has 0 saturated carbocycles. The number of hydrogen-bond donors (Lipinski definition) is 0. The van der Waals surface area contributed by atoms with E-state index in [0.717, 1.165) is 117 Å². The molecule has 1 fully saturated rings. The molecule has 0 aromatic carbocycles. The van der Waals surface area contributed by atoms with Crippen LogP contribution in [-0.2, 0) is 9.31 Å². The van der Waals surface area contributed by atoms with Gasteiger partial charge in [0.1, 0.15) is 24.2 Å². The predicted octanol–water partition coefficient (Wildman–Crippen LogP) is 37.5. The lowest BCUT2D eigenvalue weighted by molar-refractivity contribution is 0.00578. The van der Waals surface area contributed by atoms with Crippen LogP contribution in [0.3, 0.4) is 0 Å². The molecule has 22 heteroatoms. The highest BCUT2D eigenvalue weighted by Crippen LogP contribution is 2.48. The first-order valence-electron chi connectivity index (χ1n) is 44.5. The molecule has 1 aliphatic heterocycles. The minimum Gasteiger partial charge on any atom is -0.399 e. The van der Waals surface area contributed by atoms with Gasteiger partial charge < -0.3 is 9.31 Å². The van der Waals surface area contributed by atoms with Gasteiger partial charge >= 0.3 is 7.12 Å². The molecule has 0 radical (unpaired) electrons. The van der Waals surface area contributed by atoms with Gasteiger partial charge in [0.15, 0.2) is 0 Å². The summed E-state index contributed by atoms with van der Waals surface area (Å²) in [6.07, 6.45) is 34.3. The Bertz CT molecular complexity index is 6030.